The molecule has 0 aliphatic carbocycles. The number of nitrogens with zero attached hydrogens (tertiary/aromatic N) is 2. The molecule has 0 atom stereocenters. The number of hydrogen-bond acceptors (Lipinski definition) is 3. The molecule has 0 rings (SSSR count). The summed E-state index contributed by atoms with van der Waals surface area (Å²) in [5, 5.41) is 9.93. The van der Waals surface area contributed by atoms with Gasteiger partial charge in [-0.05, 0) is 20.8 Å². The fourth-order valence-electron chi connectivity index (χ4n) is 0.506. The Balaban J connectivity index is 3.65. The predicted octanol–water partition coefficient (Wildman–Crippen LogP) is 0.874. The summed E-state index contributed by atoms with van der Waals surface area (Å²) < 4.78 is 0. The van der Waals surface area contributed by atoms with E-state index in [-0.39, 0.29) is 5.54 Å². The van der Waals surface area contributed by atoms with Crippen LogP contribution in [0.2, 0.25) is 0 Å². The maximum absolute atomic E-state index is 8.25. The average molecular weight is 141 g/mol. The molecule has 0 bridgehead atoms. The van der Waals surface area contributed by atoms with E-state index < -0.39 is 0 Å². The number of hydrazine groups is 1. The van der Waals surface area contributed by atoms with Gasteiger partial charge in [-0.2, -0.15) is 5.26 Å². The summed E-state index contributed by atoms with van der Waals surface area (Å²) in [5.41, 5.74) is -0.0309. The third kappa shape index (κ3) is 3.44. The molecule has 0 fully saturated rings. The quantitative estimate of drug-likeness (QED) is 0.458. The van der Waals surface area contributed by atoms with Crippen molar-refractivity contribution >= 4 is 0 Å². The van der Waals surface area contributed by atoms with Crippen molar-refractivity contribution in [3.8, 4) is 6.07 Å². The highest BCUT2D eigenvalue weighted by Crippen LogP contribution is 2.07. The Morgan fingerprint density at radius 2 is 2.00 bits per heavy atom. The first kappa shape index (κ1) is 9.41. The molecule has 10 heavy (non-hydrogen) atoms. The molecule has 0 radical (unpaired) electrons. The van der Waals surface area contributed by atoms with Gasteiger partial charge in [0, 0.05) is 18.5 Å². The van der Waals surface area contributed by atoms with Crippen molar-refractivity contribution in [2.75, 3.05) is 6.54 Å². The largest absolute Gasteiger partial charge is 0.268 e. The van der Waals surface area contributed by atoms with Gasteiger partial charge in [-0.1, -0.05) is 0 Å². The Labute approximate surface area is 62.4 Å². The van der Waals surface area contributed by atoms with Crippen LogP contribution in [-0.2, 0) is 0 Å². The third-order valence-corrected chi connectivity index (χ3v) is 1.33. The molecule has 0 saturated carbocycles. The summed E-state index contributed by atoms with van der Waals surface area (Å²) in [6.07, 6.45) is 0.494. The molecule has 2 N–H and O–H groups in total. The van der Waals surface area contributed by atoms with Crippen LogP contribution in [-0.4, -0.2) is 17.1 Å². The van der Waals surface area contributed by atoms with Crippen molar-refractivity contribution in [3.63, 3.8) is 0 Å². The van der Waals surface area contributed by atoms with E-state index in [1.165, 1.54) is 0 Å². The number of hydrogen-bond donors (Lipinski definition) is 1. The fourth-order valence-corrected chi connectivity index (χ4v) is 0.506. The first-order valence-corrected chi connectivity index (χ1v) is 3.38. The second-order valence-electron chi connectivity index (χ2n) is 3.27. The Bertz CT molecular complexity index is 129. The predicted molar refractivity (Wildman–Crippen MR) is 40.9 cm³/mol. The van der Waals surface area contributed by atoms with E-state index in [1.807, 2.05) is 26.8 Å². The average Bonchev–Trinajstić information content (AvgIpc) is 1.80. The summed E-state index contributed by atoms with van der Waals surface area (Å²) in [6.45, 7) is 6.69. The number of rotatable bonds is 2. The highest BCUT2D eigenvalue weighted by atomic mass is 15.4. The lowest BCUT2D eigenvalue weighted by molar-refractivity contribution is 0.142. The molecule has 0 aliphatic rings. The SMILES string of the molecule is CC(C)(C)N(N)CCC#N. The van der Waals surface area contributed by atoms with E-state index in [2.05, 4.69) is 0 Å². The minimum atomic E-state index is -0.0309. The normalized spacial score (nSPS) is 11.6. The highest BCUT2D eigenvalue weighted by molar-refractivity contribution is 4.76. The summed E-state index contributed by atoms with van der Waals surface area (Å²) in [4.78, 5) is 0. The summed E-state index contributed by atoms with van der Waals surface area (Å²) >= 11 is 0. The molecular weight excluding hydrogens is 126 g/mol. The van der Waals surface area contributed by atoms with E-state index in [4.69, 9.17) is 11.1 Å². The lowest BCUT2D eigenvalue weighted by Gasteiger charge is -2.30. The molecule has 0 spiro atoms. The van der Waals surface area contributed by atoms with Crippen molar-refractivity contribution in [1.29, 1.82) is 5.26 Å². The van der Waals surface area contributed by atoms with Gasteiger partial charge in [0.2, 0.25) is 0 Å². The lowest BCUT2D eigenvalue weighted by atomic mass is 10.1. The molecule has 0 aromatic heterocycles. The van der Waals surface area contributed by atoms with Crippen molar-refractivity contribution in [1.82, 2.24) is 5.01 Å². The summed E-state index contributed by atoms with van der Waals surface area (Å²) in [5.74, 6) is 5.62. The molecule has 0 aliphatic heterocycles. The maximum Gasteiger partial charge on any atom is 0.0635 e. The monoisotopic (exact) mass is 141 g/mol. The molecular formula is C7H15N3. The second-order valence-corrected chi connectivity index (χ2v) is 3.27. The first-order chi connectivity index (χ1) is 4.48. The molecule has 3 nitrogen and oxygen atoms in total. The molecule has 0 aromatic carbocycles. The van der Waals surface area contributed by atoms with Crippen LogP contribution < -0.4 is 5.84 Å². The zero-order valence-electron chi connectivity index (χ0n) is 6.89. The van der Waals surface area contributed by atoms with Gasteiger partial charge < -0.3 is 0 Å². The van der Waals surface area contributed by atoms with Crippen LogP contribution in [0, 0.1) is 11.3 Å². The van der Waals surface area contributed by atoms with E-state index in [0.717, 1.165) is 0 Å². The third-order valence-electron chi connectivity index (χ3n) is 1.33. The van der Waals surface area contributed by atoms with Gasteiger partial charge in [0.05, 0.1) is 6.07 Å². The first-order valence-electron chi connectivity index (χ1n) is 3.38. The fraction of sp³-hybridized carbons (Fsp3) is 0.857. The van der Waals surface area contributed by atoms with Crippen molar-refractivity contribution < 1.29 is 0 Å². The minimum absolute atomic E-state index is 0.0309. The number of nitriles is 1. The topological polar surface area (TPSA) is 53.0 Å². The van der Waals surface area contributed by atoms with Gasteiger partial charge >= 0.3 is 0 Å². The summed E-state index contributed by atoms with van der Waals surface area (Å²) in [6, 6.07) is 2.05. The molecule has 3 heteroatoms. The Hall–Kier alpha value is -0.590. The Morgan fingerprint density at radius 3 is 2.30 bits per heavy atom. The van der Waals surface area contributed by atoms with E-state index in [9.17, 15) is 0 Å². The van der Waals surface area contributed by atoms with Crippen LogP contribution >= 0.6 is 0 Å². The molecule has 0 unspecified atom stereocenters. The molecule has 0 heterocycles. The van der Waals surface area contributed by atoms with Gasteiger partial charge in [0.15, 0.2) is 0 Å². The van der Waals surface area contributed by atoms with E-state index in [1.54, 1.807) is 5.01 Å². The lowest BCUT2D eigenvalue weighted by Crippen LogP contribution is -2.46. The van der Waals surface area contributed by atoms with Gasteiger partial charge in [0.1, 0.15) is 0 Å². The van der Waals surface area contributed by atoms with E-state index >= 15 is 0 Å². The molecule has 58 valence electrons. The maximum atomic E-state index is 8.25. The number of nitrogens with two attached hydrogens (primary N) is 1. The van der Waals surface area contributed by atoms with Gasteiger partial charge in [-0.15, -0.1) is 0 Å². The van der Waals surface area contributed by atoms with Crippen molar-refractivity contribution in [2.24, 2.45) is 5.84 Å². The van der Waals surface area contributed by atoms with Crippen LogP contribution in [0.3, 0.4) is 0 Å². The van der Waals surface area contributed by atoms with Crippen LogP contribution in [0.1, 0.15) is 27.2 Å². The van der Waals surface area contributed by atoms with E-state index in [0.29, 0.717) is 13.0 Å². The zero-order valence-corrected chi connectivity index (χ0v) is 6.89. The molecule has 0 aromatic rings. The highest BCUT2D eigenvalue weighted by Gasteiger charge is 2.16. The zero-order chi connectivity index (χ0) is 8.20. The van der Waals surface area contributed by atoms with Crippen molar-refractivity contribution in [2.45, 2.75) is 32.7 Å². The van der Waals surface area contributed by atoms with Gasteiger partial charge in [-0.3, -0.25) is 5.84 Å². The van der Waals surface area contributed by atoms with Crippen LogP contribution in [0.15, 0.2) is 0 Å². The Morgan fingerprint density at radius 1 is 1.50 bits per heavy atom. The standard InChI is InChI=1S/C7H15N3/c1-7(2,3)10(9)6-4-5-8/h4,6,9H2,1-3H3. The molecule has 0 saturated heterocycles. The minimum Gasteiger partial charge on any atom is -0.268 e. The smallest absolute Gasteiger partial charge is 0.0635 e. The Kier molecular flexibility index (Phi) is 3.34. The van der Waals surface area contributed by atoms with Gasteiger partial charge in [0.25, 0.3) is 0 Å². The summed E-state index contributed by atoms with van der Waals surface area (Å²) in [7, 11) is 0. The second kappa shape index (κ2) is 3.55. The van der Waals surface area contributed by atoms with Crippen LogP contribution in [0.4, 0.5) is 0 Å². The molecule has 0 amide bonds. The van der Waals surface area contributed by atoms with Crippen LogP contribution in [0.5, 0.6) is 0 Å². The van der Waals surface area contributed by atoms with Crippen LogP contribution in [0.25, 0.3) is 0 Å². The van der Waals surface area contributed by atoms with Gasteiger partial charge in [-0.25, -0.2) is 5.01 Å². The van der Waals surface area contributed by atoms with Crippen molar-refractivity contribution in [3.05, 3.63) is 0 Å².